The average Bonchev–Trinajstić information content (AvgIpc) is 2.98. The molecule has 6 rings (SSSR count). The van der Waals surface area contributed by atoms with Gasteiger partial charge in [-0.3, -0.25) is 0 Å². The van der Waals surface area contributed by atoms with Crippen LogP contribution < -0.4 is 15.6 Å². The van der Waals surface area contributed by atoms with Gasteiger partial charge in [0.1, 0.15) is 8.80 Å². The van der Waals surface area contributed by atoms with Gasteiger partial charge >= 0.3 is 0 Å². The van der Waals surface area contributed by atoms with E-state index in [0.717, 1.165) is 11.6 Å². The van der Waals surface area contributed by atoms with Crippen molar-refractivity contribution in [3.63, 3.8) is 0 Å². The molecule has 6 aromatic carbocycles. The smallest absolute Gasteiger partial charge is 0.0669 e. The summed E-state index contributed by atoms with van der Waals surface area (Å²) < 4.78 is 0. The van der Waals surface area contributed by atoms with Gasteiger partial charge in [0.15, 0.2) is 0 Å². The summed E-state index contributed by atoms with van der Waals surface area (Å²) in [5.74, 6) is 0. The second-order valence-corrected chi connectivity index (χ2v) is 17.0. The van der Waals surface area contributed by atoms with Gasteiger partial charge in [-0.1, -0.05) is 168 Å². The number of hydrogen-bond donors (Lipinski definition) is 0. The van der Waals surface area contributed by atoms with Crippen molar-refractivity contribution in [2.75, 3.05) is 0 Å². The lowest BCUT2D eigenvalue weighted by atomic mass is 10.1. The Morgan fingerprint density at radius 2 is 1.00 bits per heavy atom. The highest BCUT2D eigenvalue weighted by Gasteiger charge is 2.28. The third kappa shape index (κ3) is 5.72. The molecule has 0 aliphatic rings. The van der Waals surface area contributed by atoms with Crippen molar-refractivity contribution in [1.29, 1.82) is 0 Å². The Morgan fingerprint density at radius 3 is 1.58 bits per heavy atom. The van der Waals surface area contributed by atoms with E-state index in [1.807, 2.05) is 0 Å². The zero-order valence-corrected chi connectivity index (χ0v) is 24.4. The molecule has 0 saturated carbocycles. The number of benzene rings is 6. The SMILES string of the molecule is c1ccc(CCC[C@H]([SiH2]c2ccccc2)[SiH](c2ccc3ccccc3c2)c2ccc3ccccc3c2)cc1. The Hall–Kier alpha value is -3.73. The van der Waals surface area contributed by atoms with E-state index in [4.69, 9.17) is 0 Å². The molecule has 0 radical (unpaired) electrons. The lowest BCUT2D eigenvalue weighted by Gasteiger charge is -2.28. The van der Waals surface area contributed by atoms with E-state index < -0.39 is 18.3 Å². The molecule has 0 bridgehead atoms. The molecule has 1 atom stereocenters. The van der Waals surface area contributed by atoms with Crippen LogP contribution in [0.25, 0.3) is 21.5 Å². The van der Waals surface area contributed by atoms with Crippen LogP contribution in [0.2, 0.25) is 5.16 Å². The largest absolute Gasteiger partial charge is 0.103 e. The van der Waals surface area contributed by atoms with Gasteiger partial charge in [0.05, 0.1) is 9.52 Å². The van der Waals surface area contributed by atoms with E-state index >= 15 is 0 Å². The predicted molar refractivity (Wildman–Crippen MR) is 172 cm³/mol. The zero-order chi connectivity index (χ0) is 25.6. The topological polar surface area (TPSA) is 0 Å². The third-order valence-corrected chi connectivity index (χ3v) is 15.4. The molecule has 2 heteroatoms. The molecule has 186 valence electrons. The van der Waals surface area contributed by atoms with E-state index in [2.05, 4.69) is 146 Å². The van der Waals surface area contributed by atoms with Gasteiger partial charge in [0.25, 0.3) is 0 Å². The molecule has 0 nitrogen and oxygen atoms in total. The molecule has 0 unspecified atom stereocenters. The molecule has 6 aromatic rings. The van der Waals surface area contributed by atoms with E-state index in [9.17, 15) is 0 Å². The van der Waals surface area contributed by atoms with Crippen molar-refractivity contribution in [3.8, 4) is 0 Å². The highest BCUT2D eigenvalue weighted by atomic mass is 28.3. The van der Waals surface area contributed by atoms with Crippen LogP contribution >= 0.6 is 0 Å². The van der Waals surface area contributed by atoms with Crippen molar-refractivity contribution in [1.82, 2.24) is 0 Å². The first kappa shape index (κ1) is 24.6. The van der Waals surface area contributed by atoms with E-state index in [0.29, 0.717) is 0 Å². The number of rotatable bonds is 9. The minimum absolute atomic E-state index is 0.474. The zero-order valence-electron chi connectivity index (χ0n) is 21.8. The molecule has 0 N–H and O–H groups in total. The van der Waals surface area contributed by atoms with Crippen molar-refractivity contribution in [2.24, 2.45) is 0 Å². The van der Waals surface area contributed by atoms with Crippen molar-refractivity contribution < 1.29 is 0 Å². The second-order valence-electron chi connectivity index (χ2n) is 10.5. The molecule has 0 heterocycles. The van der Waals surface area contributed by atoms with Crippen LogP contribution in [0.4, 0.5) is 0 Å². The Bertz CT molecular complexity index is 1550. The van der Waals surface area contributed by atoms with Gasteiger partial charge < -0.3 is 0 Å². The minimum Gasteiger partial charge on any atom is -0.0669 e. The van der Waals surface area contributed by atoms with Gasteiger partial charge in [0.2, 0.25) is 0 Å². The Morgan fingerprint density at radius 1 is 0.500 bits per heavy atom. The summed E-state index contributed by atoms with van der Waals surface area (Å²) in [6, 6.07) is 54.8. The Kier molecular flexibility index (Phi) is 7.62. The van der Waals surface area contributed by atoms with Crippen molar-refractivity contribution in [3.05, 3.63) is 151 Å². The van der Waals surface area contributed by atoms with Crippen LogP contribution in [0.15, 0.2) is 146 Å². The first-order valence-corrected chi connectivity index (χ1v) is 17.2. The molecular weight excluding hydrogens is 489 g/mol. The van der Waals surface area contributed by atoms with E-state index in [-0.39, 0.29) is 0 Å². The Labute approximate surface area is 230 Å². The molecule has 0 spiro atoms. The monoisotopic (exact) mass is 522 g/mol. The second kappa shape index (κ2) is 11.8. The van der Waals surface area contributed by atoms with Gasteiger partial charge in [-0.15, -0.1) is 0 Å². The maximum Gasteiger partial charge on any atom is 0.103 e. The van der Waals surface area contributed by atoms with Crippen LogP contribution in [-0.4, -0.2) is 18.3 Å². The highest BCUT2D eigenvalue weighted by molar-refractivity contribution is 6.93. The maximum absolute atomic E-state index is 2.52. The predicted octanol–water partition coefficient (Wildman–Crippen LogP) is 6.18. The number of aryl methyl sites for hydroxylation is 1. The van der Waals surface area contributed by atoms with E-state index in [1.165, 1.54) is 39.9 Å². The van der Waals surface area contributed by atoms with Crippen LogP contribution in [0.1, 0.15) is 18.4 Å². The van der Waals surface area contributed by atoms with E-state index in [1.54, 1.807) is 15.6 Å². The lowest BCUT2D eigenvalue weighted by Crippen LogP contribution is -2.49. The lowest BCUT2D eigenvalue weighted by molar-refractivity contribution is 0.766. The Balaban J connectivity index is 1.42. The molecule has 0 saturated heterocycles. The first-order chi connectivity index (χ1) is 18.8. The van der Waals surface area contributed by atoms with Crippen LogP contribution in [-0.2, 0) is 6.42 Å². The van der Waals surface area contributed by atoms with Gasteiger partial charge in [-0.25, -0.2) is 0 Å². The molecule has 0 aliphatic heterocycles. The van der Waals surface area contributed by atoms with Gasteiger partial charge in [0, 0.05) is 0 Å². The van der Waals surface area contributed by atoms with Gasteiger partial charge in [-0.05, 0) is 45.1 Å². The molecular formula is C36H34Si2. The fourth-order valence-electron chi connectivity index (χ4n) is 6.06. The minimum atomic E-state index is -1.51. The van der Waals surface area contributed by atoms with Gasteiger partial charge in [-0.2, -0.15) is 0 Å². The molecule has 38 heavy (non-hydrogen) atoms. The van der Waals surface area contributed by atoms with Crippen molar-refractivity contribution in [2.45, 2.75) is 24.4 Å². The summed E-state index contributed by atoms with van der Waals surface area (Å²) in [7, 11) is -1.99. The summed E-state index contributed by atoms with van der Waals surface area (Å²) in [6.07, 6.45) is 3.71. The standard InChI is InChI=1S/C36H34Si2/c1-3-12-28(13-4-1)14-11-21-36(37-33-19-5-2-6-20-33)38(34-24-22-29-15-7-9-17-31(29)26-34)35-25-23-30-16-8-10-18-32(30)27-35/h1-10,12-13,15-20,22-27,36,38H,11,14,21,37H2/t36-/m1/s1. The quantitative estimate of drug-likeness (QED) is 0.199. The first-order valence-electron chi connectivity index (χ1n) is 13.9. The summed E-state index contributed by atoms with van der Waals surface area (Å²) in [4.78, 5) is 0. The summed E-state index contributed by atoms with van der Waals surface area (Å²) in [5, 5.41) is 11.0. The molecule has 0 aromatic heterocycles. The average molecular weight is 523 g/mol. The normalized spacial score (nSPS) is 12.6. The highest BCUT2D eigenvalue weighted by Crippen LogP contribution is 2.22. The van der Waals surface area contributed by atoms with Crippen molar-refractivity contribution >= 4 is 55.4 Å². The summed E-state index contributed by atoms with van der Waals surface area (Å²) in [5.41, 5.74) is 1.46. The molecule has 0 fully saturated rings. The van der Waals surface area contributed by atoms with Crippen LogP contribution in [0.5, 0.6) is 0 Å². The fourth-order valence-corrected chi connectivity index (χ4v) is 14.5. The molecule has 0 aliphatic carbocycles. The maximum atomic E-state index is 2.52. The summed E-state index contributed by atoms with van der Waals surface area (Å²) in [6.45, 7) is 0. The summed E-state index contributed by atoms with van der Waals surface area (Å²) >= 11 is 0. The third-order valence-electron chi connectivity index (χ3n) is 7.96. The molecule has 0 amide bonds. The number of hydrogen-bond acceptors (Lipinski definition) is 0. The fraction of sp³-hybridized carbons (Fsp3) is 0.111. The number of fused-ring (bicyclic) bond motifs is 2. The van der Waals surface area contributed by atoms with Crippen LogP contribution in [0, 0.1) is 0 Å². The van der Waals surface area contributed by atoms with Crippen LogP contribution in [0.3, 0.4) is 0 Å².